The highest BCUT2D eigenvalue weighted by atomic mass is 19.1. The van der Waals surface area contributed by atoms with Crippen LogP contribution in [0.3, 0.4) is 0 Å². The molecule has 2 aliphatic rings. The number of amides is 2. The molecular formula is C28H46FN3O. The highest BCUT2D eigenvalue weighted by molar-refractivity contribution is 5.75. The Morgan fingerprint density at radius 3 is 2.42 bits per heavy atom. The van der Waals surface area contributed by atoms with Crippen LogP contribution in [0.1, 0.15) is 85.1 Å². The van der Waals surface area contributed by atoms with Gasteiger partial charge in [0.25, 0.3) is 0 Å². The summed E-state index contributed by atoms with van der Waals surface area (Å²) in [7, 11) is 0. The van der Waals surface area contributed by atoms with Crippen molar-refractivity contribution >= 4 is 6.03 Å². The Kier molecular flexibility index (Phi) is 8.82. The van der Waals surface area contributed by atoms with Gasteiger partial charge in [-0.15, -0.1) is 0 Å². The van der Waals surface area contributed by atoms with E-state index in [0.29, 0.717) is 11.8 Å². The molecule has 5 heteroatoms. The minimum absolute atomic E-state index is 0.0195. The van der Waals surface area contributed by atoms with Crippen LogP contribution in [0.25, 0.3) is 0 Å². The normalized spacial score (nSPS) is 25.0. The molecule has 3 atom stereocenters. The van der Waals surface area contributed by atoms with Gasteiger partial charge in [0.15, 0.2) is 0 Å². The first-order chi connectivity index (χ1) is 15.5. The Bertz CT molecular complexity index is 755. The predicted molar refractivity (Wildman–Crippen MR) is 135 cm³/mol. The molecule has 3 rings (SSSR count). The van der Waals surface area contributed by atoms with Gasteiger partial charge in [0.05, 0.1) is 0 Å². The molecule has 1 aliphatic carbocycles. The second kappa shape index (κ2) is 11.2. The summed E-state index contributed by atoms with van der Waals surface area (Å²) in [5, 5.41) is 6.58. The molecule has 33 heavy (non-hydrogen) atoms. The Balaban J connectivity index is 1.52. The zero-order chi connectivity index (χ0) is 24.1. The molecule has 4 nitrogen and oxygen atoms in total. The first-order valence-corrected chi connectivity index (χ1v) is 13.0. The van der Waals surface area contributed by atoms with Gasteiger partial charge in [0.1, 0.15) is 5.82 Å². The molecule has 1 heterocycles. The van der Waals surface area contributed by atoms with Crippen molar-refractivity contribution in [2.75, 3.05) is 19.6 Å². The summed E-state index contributed by atoms with van der Waals surface area (Å²) >= 11 is 0. The van der Waals surface area contributed by atoms with E-state index in [1.165, 1.54) is 37.7 Å². The molecule has 2 fully saturated rings. The summed E-state index contributed by atoms with van der Waals surface area (Å²) in [4.78, 5) is 15.5. The van der Waals surface area contributed by atoms with Crippen molar-refractivity contribution in [3.8, 4) is 0 Å². The standard InChI is InChI=1S/C28H46FN3O/c1-27(2,3)20-28(4,5)31-26(33)30-25-11-7-6-10-23(25)19-32-16-8-9-22(18-32)17-21-12-14-24(29)15-13-21/h12-15,22-23,25H,6-11,16-20H2,1-5H3,(H2,30,31,33)/t22-,23-,25+/m0/s1. The van der Waals surface area contributed by atoms with E-state index in [4.69, 9.17) is 0 Å². The predicted octanol–water partition coefficient (Wildman–Crippen LogP) is 6.15. The molecule has 0 bridgehead atoms. The summed E-state index contributed by atoms with van der Waals surface area (Å²) in [5.74, 6) is 0.978. The molecule has 1 aliphatic heterocycles. The largest absolute Gasteiger partial charge is 0.335 e. The monoisotopic (exact) mass is 459 g/mol. The van der Waals surface area contributed by atoms with Gasteiger partial charge in [0.2, 0.25) is 0 Å². The average Bonchev–Trinajstić information content (AvgIpc) is 2.69. The molecule has 0 aromatic heterocycles. The number of piperidine rings is 1. The van der Waals surface area contributed by atoms with Crippen molar-refractivity contribution in [3.63, 3.8) is 0 Å². The van der Waals surface area contributed by atoms with Gasteiger partial charge in [0, 0.05) is 24.7 Å². The SMILES string of the molecule is CC(C)(C)CC(C)(C)NC(=O)N[C@@H]1CCCC[C@H]1CN1CCC[C@@H](Cc2ccc(F)cc2)C1. The Morgan fingerprint density at radius 2 is 1.73 bits per heavy atom. The van der Waals surface area contributed by atoms with Gasteiger partial charge in [-0.25, -0.2) is 9.18 Å². The van der Waals surface area contributed by atoms with Crippen LogP contribution in [-0.2, 0) is 6.42 Å². The van der Waals surface area contributed by atoms with Crippen molar-refractivity contribution < 1.29 is 9.18 Å². The Labute approximate surface area is 201 Å². The summed E-state index contributed by atoms with van der Waals surface area (Å²) in [6, 6.07) is 7.23. The van der Waals surface area contributed by atoms with E-state index in [9.17, 15) is 9.18 Å². The van der Waals surface area contributed by atoms with Crippen LogP contribution >= 0.6 is 0 Å². The van der Waals surface area contributed by atoms with Crippen LogP contribution in [0, 0.1) is 23.1 Å². The lowest BCUT2D eigenvalue weighted by Gasteiger charge is -2.40. The second-order valence-corrected chi connectivity index (χ2v) is 12.5. The lowest BCUT2D eigenvalue weighted by molar-refractivity contribution is 0.121. The van der Waals surface area contributed by atoms with Crippen molar-refractivity contribution in [1.82, 2.24) is 15.5 Å². The van der Waals surface area contributed by atoms with E-state index in [0.717, 1.165) is 38.9 Å². The summed E-state index contributed by atoms with van der Waals surface area (Å²) in [6.45, 7) is 14.2. The molecule has 186 valence electrons. The minimum atomic E-state index is -0.229. The molecule has 0 radical (unpaired) electrons. The average molecular weight is 460 g/mol. The molecule has 1 aromatic carbocycles. The fourth-order valence-electron chi connectivity index (χ4n) is 6.27. The second-order valence-electron chi connectivity index (χ2n) is 12.5. The molecule has 1 aromatic rings. The fraction of sp³-hybridized carbons (Fsp3) is 0.750. The zero-order valence-electron chi connectivity index (χ0n) is 21.6. The maximum atomic E-state index is 13.2. The van der Waals surface area contributed by atoms with Crippen molar-refractivity contribution in [2.45, 2.75) is 97.6 Å². The van der Waals surface area contributed by atoms with Crippen LogP contribution in [0.5, 0.6) is 0 Å². The van der Waals surface area contributed by atoms with Gasteiger partial charge in [-0.2, -0.15) is 0 Å². The summed E-state index contributed by atoms with van der Waals surface area (Å²) in [6.07, 6.45) is 9.13. The lowest BCUT2D eigenvalue weighted by Crippen LogP contribution is -2.55. The number of nitrogens with zero attached hydrogens (tertiary/aromatic N) is 1. The fourth-order valence-corrected chi connectivity index (χ4v) is 6.27. The quantitative estimate of drug-likeness (QED) is 0.513. The maximum absolute atomic E-state index is 13.2. The zero-order valence-corrected chi connectivity index (χ0v) is 21.6. The van der Waals surface area contributed by atoms with E-state index < -0.39 is 0 Å². The van der Waals surface area contributed by atoms with Crippen LogP contribution in [0.4, 0.5) is 9.18 Å². The lowest BCUT2D eigenvalue weighted by atomic mass is 9.81. The molecule has 0 unspecified atom stereocenters. The van der Waals surface area contributed by atoms with Crippen molar-refractivity contribution in [2.24, 2.45) is 17.3 Å². The van der Waals surface area contributed by atoms with E-state index in [1.807, 2.05) is 12.1 Å². The van der Waals surface area contributed by atoms with Crippen LogP contribution in [0.15, 0.2) is 24.3 Å². The highest BCUT2D eigenvalue weighted by Crippen LogP contribution is 2.29. The number of hydrogen-bond acceptors (Lipinski definition) is 2. The number of halogens is 1. The van der Waals surface area contributed by atoms with Crippen LogP contribution < -0.4 is 10.6 Å². The van der Waals surface area contributed by atoms with Crippen molar-refractivity contribution in [1.29, 1.82) is 0 Å². The first kappa shape index (κ1) is 26.0. The third kappa shape index (κ3) is 8.92. The molecule has 0 spiro atoms. The van der Waals surface area contributed by atoms with Crippen LogP contribution in [0.2, 0.25) is 0 Å². The molecule has 2 amide bonds. The highest BCUT2D eigenvalue weighted by Gasteiger charge is 2.32. The molecule has 2 N–H and O–H groups in total. The third-order valence-corrected chi connectivity index (χ3v) is 7.18. The molecular weight excluding hydrogens is 413 g/mol. The van der Waals surface area contributed by atoms with Gasteiger partial charge in [-0.1, -0.05) is 45.7 Å². The number of carbonyl (C=O) groups excluding carboxylic acids is 1. The number of urea groups is 1. The number of carbonyl (C=O) groups is 1. The number of rotatable bonds is 7. The van der Waals surface area contributed by atoms with E-state index in [1.54, 1.807) is 12.1 Å². The third-order valence-electron chi connectivity index (χ3n) is 7.18. The van der Waals surface area contributed by atoms with Crippen LogP contribution in [-0.4, -0.2) is 42.1 Å². The van der Waals surface area contributed by atoms with Gasteiger partial charge in [-0.05, 0) is 93.9 Å². The van der Waals surface area contributed by atoms with Crippen molar-refractivity contribution in [3.05, 3.63) is 35.6 Å². The summed E-state index contributed by atoms with van der Waals surface area (Å²) in [5.41, 5.74) is 1.17. The van der Waals surface area contributed by atoms with Gasteiger partial charge in [-0.3, -0.25) is 0 Å². The Morgan fingerprint density at radius 1 is 1.03 bits per heavy atom. The Hall–Kier alpha value is -1.62. The van der Waals surface area contributed by atoms with Gasteiger partial charge >= 0.3 is 6.03 Å². The number of nitrogens with one attached hydrogen (secondary N) is 2. The minimum Gasteiger partial charge on any atom is -0.335 e. The van der Waals surface area contributed by atoms with E-state index in [-0.39, 0.29) is 28.8 Å². The maximum Gasteiger partial charge on any atom is 0.315 e. The topological polar surface area (TPSA) is 44.4 Å². The number of benzene rings is 1. The summed E-state index contributed by atoms with van der Waals surface area (Å²) < 4.78 is 13.2. The van der Waals surface area contributed by atoms with E-state index in [2.05, 4.69) is 50.2 Å². The number of hydrogen-bond donors (Lipinski definition) is 2. The smallest absolute Gasteiger partial charge is 0.315 e. The molecule has 1 saturated heterocycles. The number of likely N-dealkylation sites (tertiary alicyclic amines) is 1. The molecule has 1 saturated carbocycles. The first-order valence-electron chi connectivity index (χ1n) is 13.0. The van der Waals surface area contributed by atoms with Gasteiger partial charge < -0.3 is 15.5 Å². The van der Waals surface area contributed by atoms with E-state index >= 15 is 0 Å².